The minimum Gasteiger partial charge on any atom is -0.487 e. The molecule has 0 saturated carbocycles. The number of fused-ring (bicyclic) bond motifs is 3. The number of amides is 5. The number of urea groups is 2. The van der Waals surface area contributed by atoms with Crippen molar-refractivity contribution in [2.75, 3.05) is 42.7 Å². The standard InChI is InChI=1S/C38H39N5O5/c1-24-21-43(25(2)23-44)36(45)31-20-28(39-37(46)40-32-16-8-12-26-10-4-6-14-29(26)32)18-19-34(31)48-35(24)22-42(3)38(47)41-33-17-9-13-27-11-5-7-15-30(27)33/h4-20,24-25,35,44H,21-23H2,1-3H3,(H,41,47)(H2,39,40,46)/t24-,25-,35+/m1/s1. The Bertz CT molecular complexity index is 1970. The molecular formula is C38H39N5O5. The Morgan fingerprint density at radius 2 is 1.48 bits per heavy atom. The van der Waals surface area contributed by atoms with Crippen LogP contribution in [0.2, 0.25) is 0 Å². The largest absolute Gasteiger partial charge is 0.487 e. The van der Waals surface area contributed by atoms with Crippen molar-refractivity contribution < 1.29 is 24.2 Å². The number of nitrogens with one attached hydrogen (secondary N) is 3. The molecule has 0 radical (unpaired) electrons. The molecule has 5 aromatic rings. The van der Waals surface area contributed by atoms with E-state index in [0.29, 0.717) is 29.4 Å². The van der Waals surface area contributed by atoms with Crippen LogP contribution in [0, 0.1) is 5.92 Å². The van der Waals surface area contributed by atoms with E-state index in [9.17, 15) is 19.5 Å². The highest BCUT2D eigenvalue weighted by Crippen LogP contribution is 2.31. The van der Waals surface area contributed by atoms with Gasteiger partial charge in [0, 0.05) is 36.0 Å². The third-order valence-electron chi connectivity index (χ3n) is 8.79. The molecule has 0 unspecified atom stereocenters. The van der Waals surface area contributed by atoms with Gasteiger partial charge in [-0.2, -0.15) is 0 Å². The molecule has 6 rings (SSSR count). The average molecular weight is 646 g/mol. The fourth-order valence-corrected chi connectivity index (χ4v) is 6.04. The van der Waals surface area contributed by atoms with E-state index in [-0.39, 0.29) is 36.6 Å². The van der Waals surface area contributed by atoms with Crippen LogP contribution >= 0.6 is 0 Å². The van der Waals surface area contributed by atoms with E-state index in [0.717, 1.165) is 21.5 Å². The zero-order chi connectivity index (χ0) is 33.8. The zero-order valence-corrected chi connectivity index (χ0v) is 27.1. The van der Waals surface area contributed by atoms with Crippen LogP contribution in [-0.4, -0.2) is 71.8 Å². The predicted molar refractivity (Wildman–Crippen MR) is 190 cm³/mol. The summed E-state index contributed by atoms with van der Waals surface area (Å²) in [6, 6.07) is 30.7. The number of aliphatic hydroxyl groups excluding tert-OH is 1. The van der Waals surface area contributed by atoms with Crippen molar-refractivity contribution >= 4 is 56.6 Å². The zero-order valence-electron chi connectivity index (χ0n) is 27.1. The number of benzene rings is 5. The molecule has 5 aromatic carbocycles. The molecule has 5 amide bonds. The summed E-state index contributed by atoms with van der Waals surface area (Å²) in [5.41, 5.74) is 2.01. The Morgan fingerprint density at radius 1 is 0.875 bits per heavy atom. The highest BCUT2D eigenvalue weighted by Gasteiger charge is 2.34. The molecule has 1 aliphatic heterocycles. The second kappa shape index (κ2) is 14.0. The van der Waals surface area contributed by atoms with Crippen LogP contribution in [0.3, 0.4) is 0 Å². The summed E-state index contributed by atoms with van der Waals surface area (Å²) in [5, 5.41) is 22.7. The summed E-state index contributed by atoms with van der Waals surface area (Å²) in [6.07, 6.45) is -0.484. The molecule has 1 aliphatic rings. The summed E-state index contributed by atoms with van der Waals surface area (Å²) < 4.78 is 6.47. The van der Waals surface area contributed by atoms with E-state index in [1.54, 1.807) is 42.0 Å². The van der Waals surface area contributed by atoms with Gasteiger partial charge in [0.25, 0.3) is 5.91 Å². The molecule has 10 nitrogen and oxygen atoms in total. The third-order valence-corrected chi connectivity index (χ3v) is 8.79. The first-order valence-electron chi connectivity index (χ1n) is 16.0. The van der Waals surface area contributed by atoms with Crippen LogP contribution in [0.4, 0.5) is 26.7 Å². The number of carbonyl (C=O) groups is 3. The van der Waals surface area contributed by atoms with Gasteiger partial charge in [-0.1, -0.05) is 79.7 Å². The Kier molecular flexibility index (Phi) is 9.45. The quantitative estimate of drug-likeness (QED) is 0.152. The Hall–Kier alpha value is -5.61. The van der Waals surface area contributed by atoms with Gasteiger partial charge in [-0.3, -0.25) is 4.79 Å². The van der Waals surface area contributed by atoms with Gasteiger partial charge in [0.05, 0.1) is 36.1 Å². The van der Waals surface area contributed by atoms with Crippen LogP contribution in [0.5, 0.6) is 5.75 Å². The van der Waals surface area contributed by atoms with Crippen LogP contribution in [0.25, 0.3) is 21.5 Å². The molecule has 246 valence electrons. The maximum atomic E-state index is 13.9. The number of carbonyl (C=O) groups excluding carboxylic acids is 3. The number of rotatable bonds is 7. The highest BCUT2D eigenvalue weighted by atomic mass is 16.5. The summed E-state index contributed by atoms with van der Waals surface area (Å²) in [4.78, 5) is 43.5. The fraction of sp³-hybridized carbons (Fsp3) is 0.237. The van der Waals surface area contributed by atoms with E-state index in [2.05, 4.69) is 16.0 Å². The van der Waals surface area contributed by atoms with Gasteiger partial charge in [0.1, 0.15) is 11.9 Å². The molecule has 0 saturated heterocycles. The molecule has 48 heavy (non-hydrogen) atoms. The van der Waals surface area contributed by atoms with Crippen molar-refractivity contribution in [3.05, 3.63) is 109 Å². The molecule has 0 aliphatic carbocycles. The van der Waals surface area contributed by atoms with Crippen LogP contribution < -0.4 is 20.7 Å². The van der Waals surface area contributed by atoms with Crippen LogP contribution in [0.1, 0.15) is 24.2 Å². The smallest absolute Gasteiger partial charge is 0.323 e. The maximum absolute atomic E-state index is 13.9. The lowest BCUT2D eigenvalue weighted by atomic mass is 9.99. The molecule has 0 fully saturated rings. The molecular weight excluding hydrogens is 606 g/mol. The second-order valence-electron chi connectivity index (χ2n) is 12.3. The second-order valence-corrected chi connectivity index (χ2v) is 12.3. The van der Waals surface area contributed by atoms with Gasteiger partial charge < -0.3 is 35.6 Å². The normalized spacial score (nSPS) is 16.7. The van der Waals surface area contributed by atoms with E-state index in [1.165, 1.54) is 0 Å². The van der Waals surface area contributed by atoms with Crippen LogP contribution in [0.15, 0.2) is 103 Å². The van der Waals surface area contributed by atoms with Gasteiger partial charge in [-0.25, -0.2) is 9.59 Å². The first-order chi connectivity index (χ1) is 23.2. The summed E-state index contributed by atoms with van der Waals surface area (Å²) in [6.45, 7) is 4.05. The van der Waals surface area contributed by atoms with Crippen molar-refractivity contribution in [2.45, 2.75) is 26.0 Å². The lowest BCUT2D eigenvalue weighted by Crippen LogP contribution is -2.50. The van der Waals surface area contributed by atoms with Crippen LogP contribution in [-0.2, 0) is 0 Å². The number of aliphatic hydroxyl groups is 1. The number of likely N-dealkylation sites (N-methyl/N-ethyl adjacent to an activating group) is 1. The van der Waals surface area contributed by atoms with E-state index in [1.807, 2.05) is 91.9 Å². The number of hydrogen-bond acceptors (Lipinski definition) is 5. The minimum absolute atomic E-state index is 0.187. The van der Waals surface area contributed by atoms with Crippen molar-refractivity contribution in [2.24, 2.45) is 5.92 Å². The first-order valence-corrected chi connectivity index (χ1v) is 16.0. The predicted octanol–water partition coefficient (Wildman–Crippen LogP) is 7.02. The number of hydrogen-bond donors (Lipinski definition) is 4. The first kappa shape index (κ1) is 32.3. The van der Waals surface area contributed by atoms with E-state index in [4.69, 9.17) is 4.74 Å². The Balaban J connectivity index is 1.22. The van der Waals surface area contributed by atoms with Gasteiger partial charge >= 0.3 is 12.1 Å². The molecule has 3 atom stereocenters. The van der Waals surface area contributed by atoms with Gasteiger partial charge in [-0.05, 0) is 48.0 Å². The molecule has 4 N–H and O–H groups in total. The maximum Gasteiger partial charge on any atom is 0.323 e. The summed E-state index contributed by atoms with van der Waals surface area (Å²) in [7, 11) is 1.71. The lowest BCUT2D eigenvalue weighted by Gasteiger charge is -2.38. The molecule has 0 bridgehead atoms. The van der Waals surface area contributed by atoms with Gasteiger partial charge in [0.2, 0.25) is 0 Å². The highest BCUT2D eigenvalue weighted by molar-refractivity contribution is 6.07. The fourth-order valence-electron chi connectivity index (χ4n) is 6.04. The van der Waals surface area contributed by atoms with Gasteiger partial charge in [0.15, 0.2) is 0 Å². The van der Waals surface area contributed by atoms with Crippen molar-refractivity contribution in [1.29, 1.82) is 0 Å². The molecule has 10 heteroatoms. The molecule has 0 spiro atoms. The van der Waals surface area contributed by atoms with Crippen molar-refractivity contribution in [1.82, 2.24) is 9.80 Å². The molecule has 1 heterocycles. The Morgan fingerprint density at radius 3 is 2.12 bits per heavy atom. The lowest BCUT2D eigenvalue weighted by molar-refractivity contribution is 0.0371. The monoisotopic (exact) mass is 645 g/mol. The third kappa shape index (κ3) is 6.89. The number of anilines is 3. The van der Waals surface area contributed by atoms with E-state index < -0.39 is 18.2 Å². The minimum atomic E-state index is -0.484. The van der Waals surface area contributed by atoms with Crippen molar-refractivity contribution in [3.8, 4) is 5.75 Å². The van der Waals surface area contributed by atoms with Crippen molar-refractivity contribution in [3.63, 3.8) is 0 Å². The topological polar surface area (TPSA) is 123 Å². The average Bonchev–Trinajstić information content (AvgIpc) is 3.10. The van der Waals surface area contributed by atoms with E-state index >= 15 is 0 Å². The SMILES string of the molecule is C[C@@H]1CN([C@H](C)CO)C(=O)c2cc(NC(=O)Nc3cccc4ccccc34)ccc2O[C@H]1CN(C)C(=O)Nc1cccc2ccccc12. The van der Waals surface area contributed by atoms with Gasteiger partial charge in [-0.15, -0.1) is 0 Å². The molecule has 0 aromatic heterocycles. The Labute approximate surface area is 279 Å². The summed E-state index contributed by atoms with van der Waals surface area (Å²) >= 11 is 0. The summed E-state index contributed by atoms with van der Waals surface area (Å²) in [5.74, 6) is -0.181. The number of nitrogens with zero attached hydrogens (tertiary/aromatic N) is 2. The number of ether oxygens (including phenoxy) is 1.